The zero-order valence-corrected chi connectivity index (χ0v) is 11.9. The zero-order chi connectivity index (χ0) is 13.8. The Labute approximate surface area is 115 Å². The van der Waals surface area contributed by atoms with Crippen molar-refractivity contribution in [3.63, 3.8) is 0 Å². The number of hydrogen-bond donors (Lipinski definition) is 2. The molecule has 2 aliphatic rings. The molecular weight excluding hydrogens is 242 g/mol. The van der Waals surface area contributed by atoms with Crippen LogP contribution in [0.2, 0.25) is 0 Å². The molecule has 5 heteroatoms. The molecule has 0 radical (unpaired) electrons. The van der Waals surface area contributed by atoms with Gasteiger partial charge in [-0.1, -0.05) is 6.92 Å². The van der Waals surface area contributed by atoms with E-state index < -0.39 is 0 Å². The maximum absolute atomic E-state index is 12.6. The van der Waals surface area contributed by atoms with Crippen LogP contribution >= 0.6 is 0 Å². The van der Waals surface area contributed by atoms with E-state index in [1.54, 1.807) is 11.9 Å². The first-order valence-corrected chi connectivity index (χ1v) is 7.36. The summed E-state index contributed by atoms with van der Waals surface area (Å²) >= 11 is 0. The van der Waals surface area contributed by atoms with E-state index in [1.165, 1.54) is 0 Å². The molecule has 1 saturated heterocycles. The number of carbonyl (C=O) groups is 2. The zero-order valence-electron chi connectivity index (χ0n) is 11.9. The lowest BCUT2D eigenvalue weighted by Gasteiger charge is -2.38. The van der Waals surface area contributed by atoms with Gasteiger partial charge in [0.05, 0.1) is 0 Å². The molecule has 2 fully saturated rings. The molecule has 0 spiro atoms. The fourth-order valence-corrected chi connectivity index (χ4v) is 3.11. The molecular formula is C14H25N3O2. The van der Waals surface area contributed by atoms with E-state index in [1.807, 2.05) is 0 Å². The number of nitrogens with one attached hydrogen (secondary N) is 2. The van der Waals surface area contributed by atoms with E-state index in [2.05, 4.69) is 17.6 Å². The minimum absolute atomic E-state index is 0.0651. The van der Waals surface area contributed by atoms with Gasteiger partial charge >= 0.3 is 0 Å². The third-order valence-electron chi connectivity index (χ3n) is 4.44. The molecule has 19 heavy (non-hydrogen) atoms. The van der Waals surface area contributed by atoms with Gasteiger partial charge in [-0.05, 0) is 31.6 Å². The topological polar surface area (TPSA) is 61.4 Å². The molecule has 1 aliphatic heterocycles. The van der Waals surface area contributed by atoms with Crippen LogP contribution in [0.5, 0.6) is 0 Å². The van der Waals surface area contributed by atoms with E-state index in [4.69, 9.17) is 0 Å². The van der Waals surface area contributed by atoms with Gasteiger partial charge in [0.15, 0.2) is 0 Å². The minimum Gasteiger partial charge on any atom is -0.357 e. The molecule has 0 aromatic rings. The predicted octanol–water partition coefficient (Wildman–Crippen LogP) is 0.359. The Balaban J connectivity index is 2.01. The van der Waals surface area contributed by atoms with Crippen LogP contribution in [-0.4, -0.2) is 49.4 Å². The highest BCUT2D eigenvalue weighted by Crippen LogP contribution is 2.30. The van der Waals surface area contributed by atoms with Crippen LogP contribution in [0.1, 0.15) is 32.6 Å². The molecule has 1 atom stereocenters. The van der Waals surface area contributed by atoms with E-state index in [0.29, 0.717) is 13.1 Å². The van der Waals surface area contributed by atoms with Crippen molar-refractivity contribution in [1.29, 1.82) is 0 Å². The number of nitrogens with zero attached hydrogens (tertiary/aromatic N) is 1. The van der Waals surface area contributed by atoms with Crippen molar-refractivity contribution in [2.75, 3.05) is 26.7 Å². The van der Waals surface area contributed by atoms with Gasteiger partial charge in [0.25, 0.3) is 0 Å². The number of carbonyl (C=O) groups excluding carboxylic acids is 2. The summed E-state index contributed by atoms with van der Waals surface area (Å²) in [4.78, 5) is 26.3. The molecule has 1 unspecified atom stereocenters. The van der Waals surface area contributed by atoms with E-state index in [9.17, 15) is 9.59 Å². The van der Waals surface area contributed by atoms with Gasteiger partial charge in [-0.15, -0.1) is 0 Å². The van der Waals surface area contributed by atoms with Gasteiger partial charge in [0, 0.05) is 32.6 Å². The summed E-state index contributed by atoms with van der Waals surface area (Å²) in [5, 5.41) is 5.85. The molecule has 5 nitrogen and oxygen atoms in total. The molecule has 2 N–H and O–H groups in total. The molecule has 0 bridgehead atoms. The van der Waals surface area contributed by atoms with Crippen LogP contribution in [0, 0.1) is 11.8 Å². The smallest absolute Gasteiger partial charge is 0.243 e. The number of hydrogen-bond acceptors (Lipinski definition) is 3. The Morgan fingerprint density at radius 3 is 2.53 bits per heavy atom. The van der Waals surface area contributed by atoms with Crippen LogP contribution < -0.4 is 10.6 Å². The first kappa shape index (κ1) is 14.3. The van der Waals surface area contributed by atoms with E-state index >= 15 is 0 Å². The second-order valence-corrected chi connectivity index (χ2v) is 5.82. The second-order valence-electron chi connectivity index (χ2n) is 5.82. The molecule has 2 rings (SSSR count). The second kappa shape index (κ2) is 6.37. The quantitative estimate of drug-likeness (QED) is 0.759. The molecule has 1 saturated carbocycles. The maximum atomic E-state index is 12.6. The number of amides is 2. The number of piperazine rings is 1. The maximum Gasteiger partial charge on any atom is 0.243 e. The molecule has 1 aliphatic carbocycles. The van der Waals surface area contributed by atoms with Crippen molar-refractivity contribution < 1.29 is 9.59 Å². The Morgan fingerprint density at radius 1 is 1.21 bits per heavy atom. The van der Waals surface area contributed by atoms with Gasteiger partial charge < -0.3 is 15.5 Å². The molecule has 0 aromatic carbocycles. The van der Waals surface area contributed by atoms with Crippen molar-refractivity contribution in [1.82, 2.24) is 15.5 Å². The lowest BCUT2D eigenvalue weighted by atomic mass is 9.82. The van der Waals surface area contributed by atoms with Gasteiger partial charge in [-0.2, -0.15) is 0 Å². The lowest BCUT2D eigenvalue weighted by molar-refractivity contribution is -0.145. The third-order valence-corrected chi connectivity index (χ3v) is 4.44. The summed E-state index contributed by atoms with van der Waals surface area (Å²) < 4.78 is 0. The van der Waals surface area contributed by atoms with Crippen molar-refractivity contribution in [3.8, 4) is 0 Å². The Hall–Kier alpha value is -1.10. The molecule has 0 aromatic heterocycles. The average Bonchev–Trinajstić information content (AvgIpc) is 2.46. The number of rotatable bonds is 2. The van der Waals surface area contributed by atoms with Gasteiger partial charge in [0.1, 0.15) is 6.04 Å². The summed E-state index contributed by atoms with van der Waals surface area (Å²) in [6, 6.07) is -0.342. The average molecular weight is 267 g/mol. The summed E-state index contributed by atoms with van der Waals surface area (Å²) in [5.41, 5.74) is 0. The SMILES string of the molecule is CNC(=O)C1CNCCN1C(=O)C1CCC(C)CC1. The van der Waals surface area contributed by atoms with Crippen molar-refractivity contribution in [2.45, 2.75) is 38.6 Å². The first-order chi connectivity index (χ1) is 9.13. The predicted molar refractivity (Wildman–Crippen MR) is 73.6 cm³/mol. The largest absolute Gasteiger partial charge is 0.357 e. The minimum atomic E-state index is -0.342. The van der Waals surface area contributed by atoms with E-state index in [0.717, 1.165) is 38.1 Å². The fraction of sp³-hybridized carbons (Fsp3) is 0.857. The highest BCUT2D eigenvalue weighted by molar-refractivity contribution is 5.88. The van der Waals surface area contributed by atoms with Crippen molar-refractivity contribution >= 4 is 11.8 Å². The van der Waals surface area contributed by atoms with Crippen LogP contribution in [0.4, 0.5) is 0 Å². The summed E-state index contributed by atoms with van der Waals surface area (Å²) in [7, 11) is 1.63. The summed E-state index contributed by atoms with van der Waals surface area (Å²) in [5.74, 6) is 0.981. The standard InChI is InChI=1S/C14H25N3O2/c1-10-3-5-11(6-4-10)14(19)17-8-7-16-9-12(17)13(18)15-2/h10-12,16H,3-9H2,1-2H3,(H,15,18). The van der Waals surface area contributed by atoms with Crippen LogP contribution in [0.25, 0.3) is 0 Å². The summed E-state index contributed by atoms with van der Waals surface area (Å²) in [6.07, 6.45) is 4.22. The van der Waals surface area contributed by atoms with E-state index in [-0.39, 0.29) is 23.8 Å². The molecule has 108 valence electrons. The van der Waals surface area contributed by atoms with Gasteiger partial charge in [-0.25, -0.2) is 0 Å². The van der Waals surface area contributed by atoms with Crippen LogP contribution in [0.3, 0.4) is 0 Å². The Morgan fingerprint density at radius 2 is 1.89 bits per heavy atom. The Bertz CT molecular complexity index is 338. The Kier molecular flexibility index (Phi) is 4.80. The normalized spacial score (nSPS) is 31.9. The van der Waals surface area contributed by atoms with Crippen LogP contribution in [-0.2, 0) is 9.59 Å². The van der Waals surface area contributed by atoms with Gasteiger partial charge in [0.2, 0.25) is 11.8 Å². The highest BCUT2D eigenvalue weighted by Gasteiger charge is 2.35. The number of likely N-dealkylation sites (N-methyl/N-ethyl adjacent to an activating group) is 1. The van der Waals surface area contributed by atoms with Crippen LogP contribution in [0.15, 0.2) is 0 Å². The van der Waals surface area contributed by atoms with Gasteiger partial charge in [-0.3, -0.25) is 9.59 Å². The third kappa shape index (κ3) is 3.26. The summed E-state index contributed by atoms with van der Waals surface area (Å²) in [6.45, 7) is 4.23. The van der Waals surface area contributed by atoms with Crippen molar-refractivity contribution in [3.05, 3.63) is 0 Å². The monoisotopic (exact) mass is 267 g/mol. The molecule has 1 heterocycles. The highest BCUT2D eigenvalue weighted by atomic mass is 16.2. The lowest BCUT2D eigenvalue weighted by Crippen LogP contribution is -2.60. The van der Waals surface area contributed by atoms with Crippen molar-refractivity contribution in [2.24, 2.45) is 11.8 Å². The fourth-order valence-electron chi connectivity index (χ4n) is 3.11. The molecule has 2 amide bonds. The first-order valence-electron chi connectivity index (χ1n) is 7.36.